The van der Waals surface area contributed by atoms with Crippen molar-refractivity contribution in [1.29, 1.82) is 0 Å². The van der Waals surface area contributed by atoms with Crippen LogP contribution >= 0.6 is 0 Å². The van der Waals surface area contributed by atoms with E-state index in [1.807, 2.05) is 4.90 Å². The fourth-order valence-corrected chi connectivity index (χ4v) is 2.64. The van der Waals surface area contributed by atoms with Crippen LogP contribution in [0.25, 0.3) is 0 Å². The maximum absolute atomic E-state index is 12.0. The quantitative estimate of drug-likeness (QED) is 0.638. The Kier molecular flexibility index (Phi) is 2.28. The molecule has 0 bridgehead atoms. The summed E-state index contributed by atoms with van der Waals surface area (Å²) in [7, 11) is 2.10. The van der Waals surface area contributed by atoms with Gasteiger partial charge in [0, 0.05) is 25.0 Å². The summed E-state index contributed by atoms with van der Waals surface area (Å²) >= 11 is 0. The highest BCUT2D eigenvalue weighted by Crippen LogP contribution is 2.38. The molecule has 0 atom stereocenters. The summed E-state index contributed by atoms with van der Waals surface area (Å²) in [6.07, 6.45) is -0.986. The molecular formula is C9H16F2N2. The zero-order valence-electron chi connectivity index (χ0n) is 7.97. The summed E-state index contributed by atoms with van der Waals surface area (Å²) in [5.41, 5.74) is 0.365. The summed E-state index contributed by atoms with van der Waals surface area (Å²) in [5.74, 6) is 0. The van der Waals surface area contributed by atoms with Crippen LogP contribution < -0.4 is 0 Å². The average molecular weight is 190 g/mol. The van der Waals surface area contributed by atoms with E-state index in [1.54, 1.807) is 0 Å². The Bertz CT molecular complexity index is 190. The van der Waals surface area contributed by atoms with Gasteiger partial charge in [-0.1, -0.05) is 0 Å². The molecule has 2 rings (SSSR count). The van der Waals surface area contributed by atoms with Crippen molar-refractivity contribution in [3.63, 3.8) is 0 Å². The molecule has 2 nitrogen and oxygen atoms in total. The van der Waals surface area contributed by atoms with Crippen LogP contribution in [-0.4, -0.2) is 56.0 Å². The molecule has 0 amide bonds. The van der Waals surface area contributed by atoms with E-state index in [-0.39, 0.29) is 6.54 Å². The lowest BCUT2D eigenvalue weighted by Crippen LogP contribution is -2.58. The smallest absolute Gasteiger partial charge is 0.251 e. The molecule has 0 radical (unpaired) electrons. The van der Waals surface area contributed by atoms with Crippen LogP contribution in [0, 0.1) is 5.41 Å². The second-order valence-corrected chi connectivity index (χ2v) is 4.55. The van der Waals surface area contributed by atoms with E-state index in [0.717, 1.165) is 26.2 Å². The molecule has 2 aliphatic rings. The van der Waals surface area contributed by atoms with Crippen LogP contribution in [0.15, 0.2) is 0 Å². The Morgan fingerprint density at radius 3 is 2.46 bits per heavy atom. The van der Waals surface area contributed by atoms with Gasteiger partial charge >= 0.3 is 0 Å². The van der Waals surface area contributed by atoms with Crippen LogP contribution in [0.3, 0.4) is 0 Å². The van der Waals surface area contributed by atoms with Crippen molar-refractivity contribution in [2.75, 3.05) is 39.8 Å². The Morgan fingerprint density at radius 2 is 2.00 bits per heavy atom. The fourth-order valence-electron chi connectivity index (χ4n) is 2.64. The molecule has 0 N–H and O–H groups in total. The summed E-state index contributed by atoms with van der Waals surface area (Å²) in [6.45, 7) is 3.93. The van der Waals surface area contributed by atoms with Crippen LogP contribution in [-0.2, 0) is 0 Å². The second-order valence-electron chi connectivity index (χ2n) is 4.55. The van der Waals surface area contributed by atoms with Crippen LogP contribution in [0.1, 0.15) is 6.42 Å². The summed E-state index contributed by atoms with van der Waals surface area (Å²) in [4.78, 5) is 4.16. The molecule has 0 saturated carbocycles. The summed E-state index contributed by atoms with van der Waals surface area (Å²) in [5, 5.41) is 0. The van der Waals surface area contributed by atoms with Gasteiger partial charge in [0.15, 0.2) is 0 Å². The minimum Gasteiger partial charge on any atom is -0.306 e. The maximum atomic E-state index is 12.0. The number of rotatable bonds is 2. The zero-order chi connectivity index (χ0) is 9.47. The number of hydrogen-bond donors (Lipinski definition) is 0. The van der Waals surface area contributed by atoms with Gasteiger partial charge < -0.3 is 4.90 Å². The third kappa shape index (κ3) is 1.83. The third-order valence-electron chi connectivity index (χ3n) is 3.14. The first-order valence-corrected chi connectivity index (χ1v) is 4.79. The largest absolute Gasteiger partial charge is 0.306 e. The van der Waals surface area contributed by atoms with E-state index in [1.165, 1.54) is 6.42 Å². The molecule has 4 heteroatoms. The van der Waals surface area contributed by atoms with Gasteiger partial charge in [-0.25, -0.2) is 8.78 Å². The third-order valence-corrected chi connectivity index (χ3v) is 3.14. The van der Waals surface area contributed by atoms with E-state index in [0.29, 0.717) is 5.41 Å². The van der Waals surface area contributed by atoms with E-state index < -0.39 is 6.43 Å². The van der Waals surface area contributed by atoms with Crippen molar-refractivity contribution in [3.8, 4) is 0 Å². The summed E-state index contributed by atoms with van der Waals surface area (Å²) in [6, 6.07) is 0. The lowest BCUT2D eigenvalue weighted by atomic mass is 9.79. The number of hydrogen-bond acceptors (Lipinski definition) is 2. The minimum absolute atomic E-state index is 0.0362. The van der Waals surface area contributed by atoms with Gasteiger partial charge in [-0.05, 0) is 20.0 Å². The molecule has 0 aliphatic carbocycles. The van der Waals surface area contributed by atoms with E-state index >= 15 is 0 Å². The predicted octanol–water partition coefficient (Wildman–Crippen LogP) is 0.889. The van der Waals surface area contributed by atoms with Crippen LogP contribution in [0.5, 0.6) is 0 Å². The molecular weight excluding hydrogens is 174 g/mol. The molecule has 2 heterocycles. The molecule has 2 saturated heterocycles. The highest BCUT2D eigenvalue weighted by atomic mass is 19.3. The number of nitrogens with zero attached hydrogens (tertiary/aromatic N) is 2. The molecule has 0 aromatic rings. The SMILES string of the molecule is CN1CCC2(C1)CN(CC(F)F)C2. The lowest BCUT2D eigenvalue weighted by molar-refractivity contribution is -0.0286. The molecule has 2 aliphatic heterocycles. The number of alkyl halides is 2. The Morgan fingerprint density at radius 1 is 1.31 bits per heavy atom. The summed E-state index contributed by atoms with van der Waals surface area (Å²) < 4.78 is 24.0. The fraction of sp³-hybridized carbons (Fsp3) is 1.00. The van der Waals surface area contributed by atoms with E-state index in [2.05, 4.69) is 11.9 Å². The van der Waals surface area contributed by atoms with Gasteiger partial charge in [0.05, 0.1) is 6.54 Å². The van der Waals surface area contributed by atoms with E-state index in [4.69, 9.17) is 0 Å². The minimum atomic E-state index is -2.17. The van der Waals surface area contributed by atoms with Crippen LogP contribution in [0.2, 0.25) is 0 Å². The predicted molar refractivity (Wildman–Crippen MR) is 47.0 cm³/mol. The molecule has 1 spiro atoms. The second kappa shape index (κ2) is 3.17. The Hall–Kier alpha value is -0.220. The van der Waals surface area contributed by atoms with Gasteiger partial charge in [0.25, 0.3) is 6.43 Å². The molecule has 0 aromatic heterocycles. The van der Waals surface area contributed by atoms with Gasteiger partial charge in [0.2, 0.25) is 0 Å². The van der Waals surface area contributed by atoms with Crippen LogP contribution in [0.4, 0.5) is 8.78 Å². The van der Waals surface area contributed by atoms with Crippen molar-refractivity contribution in [2.45, 2.75) is 12.8 Å². The van der Waals surface area contributed by atoms with Gasteiger partial charge in [0.1, 0.15) is 0 Å². The molecule has 0 aromatic carbocycles. The number of likely N-dealkylation sites (tertiary alicyclic amines) is 2. The first-order chi connectivity index (χ1) is 6.10. The monoisotopic (exact) mass is 190 g/mol. The maximum Gasteiger partial charge on any atom is 0.251 e. The molecule has 76 valence electrons. The van der Waals surface area contributed by atoms with E-state index in [9.17, 15) is 8.78 Å². The highest BCUT2D eigenvalue weighted by Gasteiger charge is 2.46. The molecule has 2 fully saturated rings. The Balaban J connectivity index is 1.77. The standard InChI is InChI=1S/C9H16F2N2/c1-12-3-2-9(5-12)6-13(7-9)4-8(10)11/h8H,2-7H2,1H3. The van der Waals surface area contributed by atoms with Crippen molar-refractivity contribution in [3.05, 3.63) is 0 Å². The molecule has 13 heavy (non-hydrogen) atoms. The van der Waals surface area contributed by atoms with Crippen molar-refractivity contribution >= 4 is 0 Å². The zero-order valence-corrected chi connectivity index (χ0v) is 7.97. The average Bonchev–Trinajstić information content (AvgIpc) is 2.29. The van der Waals surface area contributed by atoms with Gasteiger partial charge in [-0.2, -0.15) is 0 Å². The highest BCUT2D eigenvalue weighted by molar-refractivity contribution is 5.00. The number of halogens is 2. The topological polar surface area (TPSA) is 6.48 Å². The lowest BCUT2D eigenvalue weighted by Gasteiger charge is -2.48. The van der Waals surface area contributed by atoms with Crippen molar-refractivity contribution < 1.29 is 8.78 Å². The van der Waals surface area contributed by atoms with Crippen molar-refractivity contribution in [1.82, 2.24) is 9.80 Å². The first kappa shape index (κ1) is 9.34. The van der Waals surface area contributed by atoms with Crippen molar-refractivity contribution in [2.24, 2.45) is 5.41 Å². The van der Waals surface area contributed by atoms with Gasteiger partial charge in [-0.15, -0.1) is 0 Å². The Labute approximate surface area is 77.5 Å². The van der Waals surface area contributed by atoms with Gasteiger partial charge in [-0.3, -0.25) is 4.90 Å². The molecule has 0 unspecified atom stereocenters. The first-order valence-electron chi connectivity index (χ1n) is 4.79. The normalized spacial score (nSPS) is 28.6.